The average Bonchev–Trinajstić information content (AvgIpc) is 2.80. The van der Waals surface area contributed by atoms with Crippen molar-refractivity contribution in [3.63, 3.8) is 0 Å². The Hall–Kier alpha value is -0.800. The summed E-state index contributed by atoms with van der Waals surface area (Å²) in [4.78, 5) is 0. The Labute approximate surface area is 98.2 Å². The summed E-state index contributed by atoms with van der Waals surface area (Å²) < 4.78 is 10.6. The second kappa shape index (κ2) is 9.43. The van der Waals surface area contributed by atoms with Crippen LogP contribution in [0.25, 0.3) is 0 Å². The van der Waals surface area contributed by atoms with Crippen LogP contribution in [0.3, 0.4) is 0 Å². The van der Waals surface area contributed by atoms with Gasteiger partial charge in [-0.3, -0.25) is 0 Å². The maximum atomic E-state index is 5.45. The van der Waals surface area contributed by atoms with Gasteiger partial charge >= 0.3 is 0 Å². The van der Waals surface area contributed by atoms with Gasteiger partial charge in [0.2, 0.25) is 0 Å². The fourth-order valence-corrected chi connectivity index (χ4v) is 1.51. The molecule has 0 aliphatic carbocycles. The molecule has 0 fully saturated rings. The number of unbranched alkanes of at least 4 members (excludes halogenated alkanes) is 3. The van der Waals surface area contributed by atoms with Crippen LogP contribution in [-0.4, -0.2) is 19.7 Å². The van der Waals surface area contributed by atoms with Crippen LogP contribution in [0.1, 0.15) is 38.4 Å². The summed E-state index contributed by atoms with van der Waals surface area (Å²) in [5.74, 6) is 0.892. The van der Waals surface area contributed by atoms with E-state index in [9.17, 15) is 0 Å². The largest absolute Gasteiger partial charge is 0.467 e. The van der Waals surface area contributed by atoms with E-state index in [-0.39, 0.29) is 0 Å². The Balaban J connectivity index is 1.78. The summed E-state index contributed by atoms with van der Waals surface area (Å²) in [6.45, 7) is 5.58. The maximum Gasteiger partial charge on any atom is 0.129 e. The first-order valence-electron chi connectivity index (χ1n) is 6.24. The van der Waals surface area contributed by atoms with Crippen molar-refractivity contribution in [1.82, 2.24) is 5.32 Å². The van der Waals surface area contributed by atoms with E-state index in [0.717, 1.165) is 25.5 Å². The lowest BCUT2D eigenvalue weighted by molar-refractivity contribution is 0.108. The minimum atomic E-state index is 0.574. The molecule has 92 valence electrons. The number of hydrogen-bond acceptors (Lipinski definition) is 3. The zero-order chi connectivity index (χ0) is 11.5. The van der Waals surface area contributed by atoms with Crippen LogP contribution < -0.4 is 5.32 Å². The standard InChI is InChI=1S/C13H23NO2/c1-2-3-4-5-8-14-9-11-15-12-13-7-6-10-16-13/h6-7,10,14H,2-5,8-9,11-12H2,1H3. The van der Waals surface area contributed by atoms with Crippen LogP contribution in [0.4, 0.5) is 0 Å². The highest BCUT2D eigenvalue weighted by Crippen LogP contribution is 2.01. The monoisotopic (exact) mass is 225 g/mol. The molecule has 0 aromatic carbocycles. The highest BCUT2D eigenvalue weighted by molar-refractivity contribution is 4.95. The van der Waals surface area contributed by atoms with Crippen LogP contribution in [0.2, 0.25) is 0 Å². The molecule has 0 saturated heterocycles. The summed E-state index contributed by atoms with van der Waals surface area (Å²) in [5, 5.41) is 3.37. The van der Waals surface area contributed by atoms with Gasteiger partial charge in [-0.1, -0.05) is 26.2 Å². The molecular formula is C13H23NO2. The van der Waals surface area contributed by atoms with E-state index in [1.165, 1.54) is 25.7 Å². The predicted octanol–water partition coefficient (Wildman–Crippen LogP) is 2.97. The molecule has 3 heteroatoms. The minimum Gasteiger partial charge on any atom is -0.467 e. The zero-order valence-corrected chi connectivity index (χ0v) is 10.2. The van der Waals surface area contributed by atoms with E-state index in [1.54, 1.807) is 6.26 Å². The maximum absolute atomic E-state index is 5.45. The number of rotatable bonds is 10. The zero-order valence-electron chi connectivity index (χ0n) is 10.2. The molecule has 1 heterocycles. The summed E-state index contributed by atoms with van der Waals surface area (Å²) in [6.07, 6.45) is 6.91. The van der Waals surface area contributed by atoms with Crippen molar-refractivity contribution >= 4 is 0 Å². The van der Waals surface area contributed by atoms with Gasteiger partial charge in [-0.2, -0.15) is 0 Å². The molecular weight excluding hydrogens is 202 g/mol. The van der Waals surface area contributed by atoms with E-state index in [2.05, 4.69) is 12.2 Å². The van der Waals surface area contributed by atoms with Crippen molar-refractivity contribution in [3.05, 3.63) is 24.2 Å². The molecule has 1 aromatic rings. The molecule has 0 radical (unpaired) electrons. The third-order valence-electron chi connectivity index (χ3n) is 2.45. The Morgan fingerprint density at radius 3 is 2.94 bits per heavy atom. The quantitative estimate of drug-likeness (QED) is 0.622. The number of nitrogens with one attached hydrogen (secondary N) is 1. The van der Waals surface area contributed by atoms with Gasteiger partial charge in [-0.05, 0) is 25.1 Å². The first-order valence-corrected chi connectivity index (χ1v) is 6.24. The van der Waals surface area contributed by atoms with E-state index in [1.807, 2.05) is 12.1 Å². The lowest BCUT2D eigenvalue weighted by Crippen LogP contribution is -2.20. The van der Waals surface area contributed by atoms with E-state index in [0.29, 0.717) is 6.61 Å². The number of ether oxygens (including phenoxy) is 1. The van der Waals surface area contributed by atoms with Gasteiger partial charge in [0, 0.05) is 6.54 Å². The first kappa shape index (κ1) is 13.3. The van der Waals surface area contributed by atoms with Crippen LogP contribution in [-0.2, 0) is 11.3 Å². The van der Waals surface area contributed by atoms with Crippen molar-refractivity contribution in [2.24, 2.45) is 0 Å². The average molecular weight is 225 g/mol. The Bertz CT molecular complexity index is 234. The molecule has 3 nitrogen and oxygen atoms in total. The fraction of sp³-hybridized carbons (Fsp3) is 0.692. The molecule has 16 heavy (non-hydrogen) atoms. The highest BCUT2D eigenvalue weighted by atomic mass is 16.5. The molecule has 0 amide bonds. The normalized spacial score (nSPS) is 10.8. The molecule has 0 atom stereocenters. The van der Waals surface area contributed by atoms with E-state index >= 15 is 0 Å². The molecule has 0 bridgehead atoms. The number of furan rings is 1. The van der Waals surface area contributed by atoms with Crippen molar-refractivity contribution in [2.75, 3.05) is 19.7 Å². The van der Waals surface area contributed by atoms with Gasteiger partial charge in [0.05, 0.1) is 12.9 Å². The molecule has 0 aliphatic heterocycles. The van der Waals surface area contributed by atoms with Gasteiger partial charge in [-0.25, -0.2) is 0 Å². The van der Waals surface area contributed by atoms with Gasteiger partial charge in [0.1, 0.15) is 12.4 Å². The molecule has 0 unspecified atom stereocenters. The minimum absolute atomic E-state index is 0.574. The lowest BCUT2D eigenvalue weighted by Gasteiger charge is -2.04. The Morgan fingerprint density at radius 1 is 1.25 bits per heavy atom. The topological polar surface area (TPSA) is 34.4 Å². The van der Waals surface area contributed by atoms with Crippen molar-refractivity contribution in [2.45, 2.75) is 39.2 Å². The van der Waals surface area contributed by atoms with Gasteiger partial charge < -0.3 is 14.5 Å². The molecule has 1 N–H and O–H groups in total. The Kier molecular flexibility index (Phi) is 7.82. The second-order valence-corrected chi connectivity index (χ2v) is 3.94. The third-order valence-corrected chi connectivity index (χ3v) is 2.45. The lowest BCUT2D eigenvalue weighted by atomic mass is 10.2. The van der Waals surface area contributed by atoms with Crippen LogP contribution in [0.15, 0.2) is 22.8 Å². The molecule has 0 spiro atoms. The van der Waals surface area contributed by atoms with Crippen LogP contribution in [0.5, 0.6) is 0 Å². The summed E-state index contributed by atoms with van der Waals surface area (Å²) >= 11 is 0. The first-order chi connectivity index (χ1) is 7.93. The third kappa shape index (κ3) is 6.64. The predicted molar refractivity (Wildman–Crippen MR) is 65.4 cm³/mol. The van der Waals surface area contributed by atoms with E-state index in [4.69, 9.17) is 9.15 Å². The SMILES string of the molecule is CCCCCCNCCOCc1ccco1. The number of hydrogen-bond donors (Lipinski definition) is 1. The summed E-state index contributed by atoms with van der Waals surface area (Å²) in [7, 11) is 0. The molecule has 1 rings (SSSR count). The highest BCUT2D eigenvalue weighted by Gasteiger charge is 1.94. The molecule has 1 aromatic heterocycles. The van der Waals surface area contributed by atoms with Crippen LogP contribution in [0, 0.1) is 0 Å². The summed E-state index contributed by atoms with van der Waals surface area (Å²) in [5.41, 5.74) is 0. The van der Waals surface area contributed by atoms with Gasteiger partial charge in [-0.15, -0.1) is 0 Å². The second-order valence-electron chi connectivity index (χ2n) is 3.94. The molecule has 0 aliphatic rings. The van der Waals surface area contributed by atoms with Gasteiger partial charge in [0.25, 0.3) is 0 Å². The fourth-order valence-electron chi connectivity index (χ4n) is 1.51. The van der Waals surface area contributed by atoms with E-state index < -0.39 is 0 Å². The Morgan fingerprint density at radius 2 is 2.19 bits per heavy atom. The molecule has 0 saturated carbocycles. The van der Waals surface area contributed by atoms with Crippen LogP contribution >= 0.6 is 0 Å². The summed E-state index contributed by atoms with van der Waals surface area (Å²) in [6, 6.07) is 3.81. The van der Waals surface area contributed by atoms with Crippen molar-refractivity contribution in [3.8, 4) is 0 Å². The van der Waals surface area contributed by atoms with Gasteiger partial charge in [0.15, 0.2) is 0 Å². The van der Waals surface area contributed by atoms with Crippen molar-refractivity contribution in [1.29, 1.82) is 0 Å². The smallest absolute Gasteiger partial charge is 0.129 e. The van der Waals surface area contributed by atoms with Crippen molar-refractivity contribution < 1.29 is 9.15 Å².